The van der Waals surface area contributed by atoms with Crippen molar-refractivity contribution in [1.29, 1.82) is 0 Å². The van der Waals surface area contributed by atoms with Crippen molar-refractivity contribution in [1.82, 2.24) is 49.9 Å². The van der Waals surface area contributed by atoms with Gasteiger partial charge < -0.3 is 27.4 Å². The smallest absolute Gasteiger partial charge is 0.222 e. The molecule has 0 aliphatic heterocycles. The van der Waals surface area contributed by atoms with Crippen LogP contribution in [-0.2, 0) is 19.5 Å². The number of nitrogens with zero attached hydrogens (tertiary/aromatic N) is 10. The Morgan fingerprint density at radius 2 is 1.14 bits per heavy atom. The third kappa shape index (κ3) is 6.53. The normalized spacial score (nSPS) is 11.1. The zero-order chi connectivity index (χ0) is 33.9. The highest BCUT2D eigenvalue weighted by molar-refractivity contribution is 5.88. The molecule has 0 radical (unpaired) electrons. The minimum atomic E-state index is 0.146. The summed E-state index contributed by atoms with van der Waals surface area (Å²) in [6, 6.07) is 28.7. The molecule has 244 valence electrons. The Morgan fingerprint density at radius 1 is 0.592 bits per heavy atom. The van der Waals surface area contributed by atoms with E-state index in [0.717, 1.165) is 28.9 Å². The van der Waals surface area contributed by atoms with Crippen LogP contribution in [0.1, 0.15) is 23.8 Å². The van der Waals surface area contributed by atoms with E-state index in [9.17, 15) is 0 Å². The van der Waals surface area contributed by atoms with Crippen LogP contribution >= 0.6 is 0 Å². The van der Waals surface area contributed by atoms with Gasteiger partial charge in [-0.05, 0) is 47.5 Å². The van der Waals surface area contributed by atoms with Crippen LogP contribution < -0.4 is 22.9 Å². The Balaban J connectivity index is 0.000000154. The molecule has 0 amide bonds. The number of aromatic nitrogens is 10. The predicted molar refractivity (Wildman–Crippen MR) is 187 cm³/mol. The molecule has 8 aromatic rings. The third-order valence-corrected chi connectivity index (χ3v) is 7.62. The molecule has 0 spiro atoms. The number of benzene rings is 3. The number of hydrogen-bond acceptors (Lipinski definition) is 13. The molecule has 0 atom stereocenters. The van der Waals surface area contributed by atoms with E-state index in [1.807, 2.05) is 97.9 Å². The van der Waals surface area contributed by atoms with E-state index in [0.29, 0.717) is 63.9 Å². The van der Waals surface area contributed by atoms with E-state index in [1.54, 1.807) is 9.36 Å². The summed E-state index contributed by atoms with van der Waals surface area (Å²) < 4.78 is 9.16. The average molecular weight is 653 g/mol. The second-order valence-electron chi connectivity index (χ2n) is 11.2. The fourth-order valence-electron chi connectivity index (χ4n) is 5.35. The van der Waals surface area contributed by atoms with Crippen LogP contribution in [0.25, 0.3) is 45.0 Å². The second kappa shape index (κ2) is 13.1. The van der Waals surface area contributed by atoms with E-state index >= 15 is 0 Å². The van der Waals surface area contributed by atoms with Crippen molar-refractivity contribution in [2.75, 3.05) is 22.9 Å². The molecule has 0 saturated heterocycles. The zero-order valence-electron chi connectivity index (χ0n) is 26.5. The lowest BCUT2D eigenvalue weighted by atomic mass is 10.1. The van der Waals surface area contributed by atoms with Gasteiger partial charge in [0.2, 0.25) is 11.9 Å². The Bertz CT molecular complexity index is 2400. The number of nitrogens with two attached hydrogens (primary N) is 4. The highest BCUT2D eigenvalue weighted by Gasteiger charge is 2.18. The summed E-state index contributed by atoms with van der Waals surface area (Å²) in [6.07, 6.45) is 0.797. The summed E-state index contributed by atoms with van der Waals surface area (Å²) in [5, 5.41) is 16.9. The highest BCUT2D eigenvalue weighted by Crippen LogP contribution is 2.28. The molecule has 49 heavy (non-hydrogen) atoms. The molecule has 15 nitrogen and oxygen atoms in total. The summed E-state index contributed by atoms with van der Waals surface area (Å²) in [5.74, 6) is 1.81. The molecule has 0 unspecified atom stereocenters. The van der Waals surface area contributed by atoms with Crippen LogP contribution in [0.4, 0.5) is 23.3 Å². The molecule has 0 saturated carbocycles. The molecule has 5 aromatic heterocycles. The average Bonchev–Trinajstić information content (AvgIpc) is 3.84. The van der Waals surface area contributed by atoms with Crippen molar-refractivity contribution in [3.8, 4) is 22.7 Å². The SMILES string of the molecule is CCc1ccc(-c2nc(N)nc3c2nnn3Cc2cccc(N)c2)o1.Nc1cccc(Cn2nnc3c(-c4ccccc4)nc(N)nc32)c1. The predicted octanol–water partition coefficient (Wildman–Crippen LogP) is 4.36. The lowest BCUT2D eigenvalue weighted by Crippen LogP contribution is -2.05. The Kier molecular flexibility index (Phi) is 8.20. The van der Waals surface area contributed by atoms with Crippen molar-refractivity contribution in [3.05, 3.63) is 108 Å². The molecule has 0 aliphatic carbocycles. The summed E-state index contributed by atoms with van der Waals surface area (Å²) in [7, 11) is 0. The lowest BCUT2D eigenvalue weighted by Gasteiger charge is -2.05. The third-order valence-electron chi connectivity index (χ3n) is 7.62. The van der Waals surface area contributed by atoms with Crippen LogP contribution in [0.3, 0.4) is 0 Å². The van der Waals surface area contributed by atoms with E-state index < -0.39 is 0 Å². The number of nitrogen functional groups attached to an aromatic ring is 4. The second-order valence-corrected chi connectivity index (χ2v) is 11.2. The molecular weight excluding hydrogens is 620 g/mol. The van der Waals surface area contributed by atoms with Gasteiger partial charge in [0.05, 0.1) is 13.1 Å². The number of furan rings is 1. The van der Waals surface area contributed by atoms with Gasteiger partial charge in [0.15, 0.2) is 28.1 Å². The van der Waals surface area contributed by atoms with Crippen molar-refractivity contribution in [2.45, 2.75) is 26.4 Å². The summed E-state index contributed by atoms with van der Waals surface area (Å²) in [5.41, 5.74) is 31.3. The van der Waals surface area contributed by atoms with Gasteiger partial charge in [-0.2, -0.15) is 9.97 Å². The fraction of sp³-hybridized carbons (Fsp3) is 0.118. The fourth-order valence-corrected chi connectivity index (χ4v) is 5.35. The van der Waals surface area contributed by atoms with Gasteiger partial charge in [-0.25, -0.2) is 19.3 Å². The van der Waals surface area contributed by atoms with Gasteiger partial charge in [-0.3, -0.25) is 0 Å². The van der Waals surface area contributed by atoms with Crippen LogP contribution in [0.5, 0.6) is 0 Å². The first-order chi connectivity index (χ1) is 23.8. The molecule has 3 aromatic carbocycles. The first kappa shape index (κ1) is 30.7. The van der Waals surface area contributed by atoms with Crippen LogP contribution in [0, 0.1) is 0 Å². The molecule has 0 fully saturated rings. The largest absolute Gasteiger partial charge is 0.459 e. The van der Waals surface area contributed by atoms with Crippen LogP contribution in [-0.4, -0.2) is 49.9 Å². The van der Waals surface area contributed by atoms with E-state index in [4.69, 9.17) is 27.4 Å². The molecule has 5 heterocycles. The monoisotopic (exact) mass is 652 g/mol. The number of anilines is 4. The maximum atomic E-state index is 5.90. The molecular formula is C34H32N14O. The quantitative estimate of drug-likeness (QED) is 0.176. The van der Waals surface area contributed by atoms with Gasteiger partial charge in [-0.1, -0.05) is 71.9 Å². The number of aryl methyl sites for hydroxylation is 1. The van der Waals surface area contributed by atoms with Gasteiger partial charge >= 0.3 is 0 Å². The maximum Gasteiger partial charge on any atom is 0.222 e. The van der Waals surface area contributed by atoms with E-state index in [-0.39, 0.29) is 11.9 Å². The topological polar surface area (TPSA) is 230 Å². The van der Waals surface area contributed by atoms with Crippen LogP contribution in [0.15, 0.2) is 95.4 Å². The summed E-state index contributed by atoms with van der Waals surface area (Å²) in [4.78, 5) is 17.2. The van der Waals surface area contributed by atoms with Crippen molar-refractivity contribution in [3.63, 3.8) is 0 Å². The number of hydrogen-bond donors (Lipinski definition) is 4. The van der Waals surface area contributed by atoms with Crippen molar-refractivity contribution >= 4 is 45.6 Å². The molecule has 8 rings (SSSR count). The van der Waals surface area contributed by atoms with Crippen molar-refractivity contribution in [2.24, 2.45) is 0 Å². The van der Waals surface area contributed by atoms with Gasteiger partial charge in [0, 0.05) is 23.4 Å². The minimum absolute atomic E-state index is 0.146. The summed E-state index contributed by atoms with van der Waals surface area (Å²) >= 11 is 0. The highest BCUT2D eigenvalue weighted by atomic mass is 16.3. The van der Waals surface area contributed by atoms with Crippen molar-refractivity contribution < 1.29 is 4.42 Å². The van der Waals surface area contributed by atoms with Gasteiger partial charge in [-0.15, -0.1) is 10.2 Å². The Labute approximate surface area is 279 Å². The Hall–Kier alpha value is -6.90. The summed E-state index contributed by atoms with van der Waals surface area (Å²) in [6.45, 7) is 3.01. The van der Waals surface area contributed by atoms with Crippen LogP contribution in [0.2, 0.25) is 0 Å². The minimum Gasteiger partial charge on any atom is -0.459 e. The van der Waals surface area contributed by atoms with E-state index in [2.05, 4.69) is 40.6 Å². The van der Waals surface area contributed by atoms with Gasteiger partial charge in [0.25, 0.3) is 0 Å². The molecule has 0 bridgehead atoms. The molecule has 8 N–H and O–H groups in total. The Morgan fingerprint density at radius 3 is 1.67 bits per heavy atom. The molecule has 0 aliphatic rings. The molecule has 15 heteroatoms. The lowest BCUT2D eigenvalue weighted by molar-refractivity contribution is 0.528. The first-order valence-corrected chi connectivity index (χ1v) is 15.4. The number of rotatable bonds is 7. The zero-order valence-corrected chi connectivity index (χ0v) is 26.5. The van der Waals surface area contributed by atoms with Gasteiger partial charge in [0.1, 0.15) is 17.1 Å². The first-order valence-electron chi connectivity index (χ1n) is 15.4. The maximum absolute atomic E-state index is 5.90. The number of fused-ring (bicyclic) bond motifs is 2. The van der Waals surface area contributed by atoms with E-state index in [1.165, 1.54) is 0 Å². The standard InChI is InChI=1S/C17H17N7O.C17H15N7/c1-2-12-6-7-13(25-12)14-15-16(21-17(19)20-14)24(23-22-15)9-10-4-3-5-11(18)8-10;18-13-8-4-5-11(9-13)10-24-16-15(22-23-24)14(20-17(19)21-16)12-6-2-1-3-7-12/h3-8H,2,9,18H2,1H3,(H2,19,20,21);1-9H,10,18H2,(H2,19,20,21).